The highest BCUT2D eigenvalue weighted by Gasteiger charge is 2.06. The second-order valence-corrected chi connectivity index (χ2v) is 6.37. The number of aromatic nitrogens is 3. The van der Waals surface area contributed by atoms with Gasteiger partial charge in [0.1, 0.15) is 17.2 Å². The minimum atomic E-state index is 0.543. The molecule has 0 unspecified atom stereocenters. The first kappa shape index (κ1) is 15.3. The molecule has 0 saturated heterocycles. The zero-order valence-corrected chi connectivity index (χ0v) is 14.2. The Balaban J connectivity index is 1.64. The molecule has 124 valence electrons. The largest absolute Gasteiger partial charge is 0.495 e. The summed E-state index contributed by atoms with van der Waals surface area (Å²) in [6.45, 7) is 0. The molecule has 3 aromatic heterocycles. The van der Waals surface area contributed by atoms with Crippen molar-refractivity contribution in [1.29, 1.82) is 0 Å². The normalized spacial score (nSPS) is 10.8. The van der Waals surface area contributed by atoms with Gasteiger partial charge >= 0.3 is 0 Å². The number of nitrogens with two attached hydrogens (primary N) is 1. The van der Waals surface area contributed by atoms with E-state index in [1.807, 2.05) is 30.3 Å². The smallest absolute Gasteiger partial charge is 0.181 e. The van der Waals surface area contributed by atoms with Crippen molar-refractivity contribution >= 4 is 26.7 Å². The molecule has 0 atom stereocenters. The Labute approximate surface area is 147 Å². The maximum Gasteiger partial charge on any atom is 0.181 e. The molecule has 4 rings (SSSR count). The van der Waals surface area contributed by atoms with Crippen molar-refractivity contribution in [2.45, 2.75) is 0 Å². The fraction of sp³-hybridized carbons (Fsp3) is 0.0556. The summed E-state index contributed by atoms with van der Waals surface area (Å²) < 4.78 is 12.1. The van der Waals surface area contributed by atoms with E-state index in [4.69, 9.17) is 15.2 Å². The molecular formula is C18H14N4O2S. The van der Waals surface area contributed by atoms with Gasteiger partial charge in [-0.05, 0) is 24.3 Å². The van der Waals surface area contributed by atoms with E-state index in [0.717, 1.165) is 21.3 Å². The van der Waals surface area contributed by atoms with Gasteiger partial charge in [-0.3, -0.25) is 9.97 Å². The van der Waals surface area contributed by atoms with Crippen molar-refractivity contribution in [2.75, 3.05) is 12.8 Å². The third-order valence-corrected chi connectivity index (χ3v) is 4.45. The van der Waals surface area contributed by atoms with Crippen molar-refractivity contribution < 1.29 is 9.47 Å². The van der Waals surface area contributed by atoms with Gasteiger partial charge < -0.3 is 15.2 Å². The lowest BCUT2D eigenvalue weighted by Crippen LogP contribution is -1.89. The molecule has 2 N–H and O–H groups in total. The Bertz CT molecular complexity index is 1050. The lowest BCUT2D eigenvalue weighted by molar-refractivity contribution is 0.413. The number of fused-ring (bicyclic) bond motifs is 1. The maximum atomic E-state index is 5.94. The van der Waals surface area contributed by atoms with E-state index in [2.05, 4.69) is 15.0 Å². The van der Waals surface area contributed by atoms with Crippen molar-refractivity contribution in [3.8, 4) is 28.4 Å². The minimum Gasteiger partial charge on any atom is -0.495 e. The Morgan fingerprint density at radius 1 is 0.880 bits per heavy atom. The van der Waals surface area contributed by atoms with Crippen LogP contribution in [0.15, 0.2) is 55.1 Å². The molecule has 25 heavy (non-hydrogen) atoms. The van der Waals surface area contributed by atoms with Crippen LogP contribution in [0.2, 0.25) is 0 Å². The van der Waals surface area contributed by atoms with Crippen LogP contribution in [0, 0.1) is 0 Å². The third kappa shape index (κ3) is 3.22. The minimum absolute atomic E-state index is 0.543. The second-order valence-electron chi connectivity index (χ2n) is 5.31. The molecule has 1 aromatic carbocycles. The Morgan fingerprint density at radius 3 is 2.36 bits per heavy atom. The molecule has 0 amide bonds. The molecular weight excluding hydrogens is 336 g/mol. The van der Waals surface area contributed by atoms with Crippen LogP contribution >= 0.6 is 11.3 Å². The van der Waals surface area contributed by atoms with Crippen molar-refractivity contribution in [1.82, 2.24) is 15.0 Å². The first-order valence-electron chi connectivity index (χ1n) is 7.49. The van der Waals surface area contributed by atoms with Crippen LogP contribution in [0.5, 0.6) is 17.2 Å². The Hall–Kier alpha value is -3.19. The zero-order chi connectivity index (χ0) is 17.2. The van der Waals surface area contributed by atoms with E-state index in [1.54, 1.807) is 31.9 Å². The quantitative estimate of drug-likeness (QED) is 0.596. The molecule has 3 heterocycles. The summed E-state index contributed by atoms with van der Waals surface area (Å²) in [4.78, 5) is 12.7. The van der Waals surface area contributed by atoms with E-state index in [-0.39, 0.29) is 0 Å². The average molecular weight is 350 g/mol. The summed E-state index contributed by atoms with van der Waals surface area (Å²) in [6, 6.07) is 9.49. The summed E-state index contributed by atoms with van der Waals surface area (Å²) in [5, 5.41) is 0.543. The van der Waals surface area contributed by atoms with Gasteiger partial charge in [0.05, 0.1) is 29.7 Å². The van der Waals surface area contributed by atoms with E-state index >= 15 is 0 Å². The van der Waals surface area contributed by atoms with E-state index in [9.17, 15) is 0 Å². The number of nitrogens with zero attached hydrogens (tertiary/aromatic N) is 3. The van der Waals surface area contributed by atoms with Crippen LogP contribution in [0.3, 0.4) is 0 Å². The van der Waals surface area contributed by atoms with Crippen molar-refractivity contribution in [2.24, 2.45) is 0 Å². The monoisotopic (exact) mass is 350 g/mol. The number of methoxy groups -OCH3 is 1. The number of ether oxygens (including phenoxy) is 2. The molecule has 0 aliphatic carbocycles. The molecule has 0 fully saturated rings. The van der Waals surface area contributed by atoms with Crippen molar-refractivity contribution in [3.05, 3.63) is 55.1 Å². The zero-order valence-electron chi connectivity index (χ0n) is 13.3. The van der Waals surface area contributed by atoms with Crippen molar-refractivity contribution in [3.63, 3.8) is 0 Å². The summed E-state index contributed by atoms with van der Waals surface area (Å²) in [5.74, 6) is 2.04. The highest BCUT2D eigenvalue weighted by molar-refractivity contribution is 7.22. The Morgan fingerprint density at radius 2 is 1.60 bits per heavy atom. The number of pyridine rings is 2. The standard InChI is InChI=1S/C18H14N4O2S/c1-23-14-4-11(7-20-9-14)12-5-15(10-21-8-12)24-13-2-3-16-17(6-13)25-18(19)22-16/h2-10H,1H3,(H2,19,22). The average Bonchev–Trinajstić information content (AvgIpc) is 3.01. The van der Waals surface area contributed by atoms with Crippen LogP contribution < -0.4 is 15.2 Å². The predicted molar refractivity (Wildman–Crippen MR) is 98.1 cm³/mol. The topological polar surface area (TPSA) is 83.2 Å². The lowest BCUT2D eigenvalue weighted by Gasteiger charge is -2.08. The summed E-state index contributed by atoms with van der Waals surface area (Å²) in [7, 11) is 1.61. The SMILES string of the molecule is COc1cncc(-c2cncc(Oc3ccc4nc(N)sc4c3)c2)c1. The summed E-state index contributed by atoms with van der Waals surface area (Å²) in [5.41, 5.74) is 8.41. The van der Waals surface area contributed by atoms with Crippen LogP contribution in [0.1, 0.15) is 0 Å². The molecule has 7 heteroatoms. The number of rotatable bonds is 4. The third-order valence-electron chi connectivity index (χ3n) is 3.61. The molecule has 0 aliphatic rings. The number of anilines is 1. The summed E-state index contributed by atoms with van der Waals surface area (Å²) in [6.07, 6.45) is 6.85. The van der Waals surface area contributed by atoms with Gasteiger partial charge in [-0.15, -0.1) is 0 Å². The summed E-state index contributed by atoms with van der Waals surface area (Å²) >= 11 is 1.43. The lowest BCUT2D eigenvalue weighted by atomic mass is 10.1. The highest BCUT2D eigenvalue weighted by Crippen LogP contribution is 2.31. The maximum absolute atomic E-state index is 5.94. The van der Waals surface area contributed by atoms with Gasteiger partial charge in [-0.2, -0.15) is 0 Å². The number of hydrogen-bond donors (Lipinski definition) is 1. The van der Waals surface area contributed by atoms with Crippen LogP contribution in [0.4, 0.5) is 5.13 Å². The van der Waals surface area contributed by atoms with E-state index in [1.165, 1.54) is 11.3 Å². The Kier molecular flexibility index (Phi) is 3.91. The number of thiazole rings is 1. The fourth-order valence-electron chi connectivity index (χ4n) is 2.44. The first-order chi connectivity index (χ1) is 12.2. The number of benzene rings is 1. The molecule has 0 bridgehead atoms. The van der Waals surface area contributed by atoms with Gasteiger partial charge in [0.25, 0.3) is 0 Å². The van der Waals surface area contributed by atoms with E-state index < -0.39 is 0 Å². The van der Waals surface area contributed by atoms with Gasteiger partial charge in [0.15, 0.2) is 5.13 Å². The number of nitrogen functional groups attached to an aromatic ring is 1. The fourth-order valence-corrected chi connectivity index (χ4v) is 3.21. The van der Waals surface area contributed by atoms with Gasteiger partial charge in [0, 0.05) is 29.6 Å². The van der Waals surface area contributed by atoms with Crippen LogP contribution in [0.25, 0.3) is 21.3 Å². The highest BCUT2D eigenvalue weighted by atomic mass is 32.1. The van der Waals surface area contributed by atoms with E-state index in [0.29, 0.717) is 22.4 Å². The first-order valence-corrected chi connectivity index (χ1v) is 8.31. The van der Waals surface area contributed by atoms with Crippen LogP contribution in [-0.4, -0.2) is 22.1 Å². The van der Waals surface area contributed by atoms with Gasteiger partial charge in [0.2, 0.25) is 0 Å². The molecule has 0 aliphatic heterocycles. The van der Waals surface area contributed by atoms with Gasteiger partial charge in [-0.1, -0.05) is 11.3 Å². The van der Waals surface area contributed by atoms with Crippen LogP contribution in [-0.2, 0) is 0 Å². The molecule has 0 saturated carbocycles. The molecule has 0 radical (unpaired) electrons. The predicted octanol–water partition coefficient (Wildman–Crippen LogP) is 4.14. The molecule has 0 spiro atoms. The number of hydrogen-bond acceptors (Lipinski definition) is 7. The molecule has 4 aromatic rings. The van der Waals surface area contributed by atoms with Gasteiger partial charge in [-0.25, -0.2) is 4.98 Å². The second kappa shape index (κ2) is 6.37. The molecule has 6 nitrogen and oxygen atoms in total.